The number of nitrogens with zero attached hydrogens (tertiary/aromatic N) is 3. The molecule has 0 aromatic carbocycles. The quantitative estimate of drug-likeness (QED) is 0.871. The molecule has 5 nitrogen and oxygen atoms in total. The lowest BCUT2D eigenvalue weighted by Crippen LogP contribution is -2.56. The number of hydrogen-bond acceptors (Lipinski definition) is 4. The Hall–Kier alpha value is -0.910. The zero-order valence-electron chi connectivity index (χ0n) is 12.5. The van der Waals surface area contributed by atoms with Gasteiger partial charge in [-0.3, -0.25) is 9.58 Å². The van der Waals surface area contributed by atoms with E-state index in [0.717, 1.165) is 32.8 Å². The van der Waals surface area contributed by atoms with Crippen LogP contribution in [0.15, 0.2) is 12.3 Å². The molecule has 0 amide bonds. The summed E-state index contributed by atoms with van der Waals surface area (Å²) in [5.41, 5.74) is 1.28. The maximum atomic E-state index is 5.46. The predicted octanol–water partition coefficient (Wildman–Crippen LogP) is 1.27. The normalized spacial score (nSPS) is 19.6. The molecule has 1 fully saturated rings. The molecule has 1 aliphatic rings. The third kappa shape index (κ3) is 2.83. The second-order valence-electron chi connectivity index (χ2n) is 5.55. The second-order valence-corrected chi connectivity index (χ2v) is 5.55. The molecular weight excluding hydrogens is 240 g/mol. The third-order valence-corrected chi connectivity index (χ3v) is 4.17. The van der Waals surface area contributed by atoms with Crippen LogP contribution in [0.5, 0.6) is 0 Å². The fourth-order valence-electron chi connectivity index (χ4n) is 3.04. The van der Waals surface area contributed by atoms with E-state index < -0.39 is 0 Å². The molecule has 108 valence electrons. The lowest BCUT2D eigenvalue weighted by molar-refractivity contribution is -0.0239. The van der Waals surface area contributed by atoms with Gasteiger partial charge in [0.05, 0.1) is 24.9 Å². The number of ether oxygens (including phenoxy) is 1. The van der Waals surface area contributed by atoms with Crippen molar-refractivity contribution in [1.82, 2.24) is 20.0 Å². The molecule has 1 aromatic heterocycles. The van der Waals surface area contributed by atoms with Crippen LogP contribution in [0, 0.1) is 0 Å². The summed E-state index contributed by atoms with van der Waals surface area (Å²) in [6.07, 6.45) is 1.89. The number of hydrogen-bond donors (Lipinski definition) is 1. The van der Waals surface area contributed by atoms with Gasteiger partial charge in [0.1, 0.15) is 0 Å². The molecule has 1 saturated heterocycles. The van der Waals surface area contributed by atoms with E-state index in [2.05, 4.69) is 46.8 Å². The fraction of sp³-hybridized carbons (Fsp3) is 0.786. The van der Waals surface area contributed by atoms with E-state index in [9.17, 15) is 0 Å². The van der Waals surface area contributed by atoms with E-state index in [0.29, 0.717) is 0 Å². The van der Waals surface area contributed by atoms with Crippen LogP contribution < -0.4 is 5.32 Å². The van der Waals surface area contributed by atoms with Crippen molar-refractivity contribution in [2.75, 3.05) is 33.4 Å². The van der Waals surface area contributed by atoms with E-state index in [-0.39, 0.29) is 11.6 Å². The summed E-state index contributed by atoms with van der Waals surface area (Å²) in [5.74, 6) is 0. The van der Waals surface area contributed by atoms with Gasteiger partial charge in [0, 0.05) is 31.4 Å². The molecule has 1 aromatic rings. The molecule has 0 spiro atoms. The minimum atomic E-state index is 0.0332. The van der Waals surface area contributed by atoms with Crippen LogP contribution >= 0.6 is 0 Å². The maximum absolute atomic E-state index is 5.46. The van der Waals surface area contributed by atoms with Gasteiger partial charge in [-0.15, -0.1) is 0 Å². The molecule has 19 heavy (non-hydrogen) atoms. The number of likely N-dealkylation sites (N-methyl/N-ethyl adjacent to an activating group) is 1. The van der Waals surface area contributed by atoms with Gasteiger partial charge < -0.3 is 10.1 Å². The summed E-state index contributed by atoms with van der Waals surface area (Å²) >= 11 is 0. The van der Waals surface area contributed by atoms with Crippen LogP contribution in [0.4, 0.5) is 0 Å². The standard InChI is InChI=1S/C14H26N4O/c1-5-18-12(6-7-16-18)13(15-4)14(2,3)17-8-10-19-11-9-17/h6-7,13,15H,5,8-11H2,1-4H3. The molecular formula is C14H26N4O. The lowest BCUT2D eigenvalue weighted by Gasteiger charge is -2.45. The SMILES string of the molecule is CCn1nccc1C(NC)C(C)(C)N1CCOCC1. The summed E-state index contributed by atoms with van der Waals surface area (Å²) in [4.78, 5) is 2.50. The number of rotatable bonds is 5. The summed E-state index contributed by atoms with van der Waals surface area (Å²) < 4.78 is 7.54. The zero-order chi connectivity index (χ0) is 13.9. The van der Waals surface area contributed by atoms with Gasteiger partial charge in [-0.1, -0.05) is 0 Å². The van der Waals surface area contributed by atoms with E-state index >= 15 is 0 Å². The van der Waals surface area contributed by atoms with Gasteiger partial charge in [-0.05, 0) is 33.9 Å². The molecule has 1 atom stereocenters. The Bertz CT molecular complexity index is 396. The highest BCUT2D eigenvalue weighted by Crippen LogP contribution is 2.31. The monoisotopic (exact) mass is 266 g/mol. The zero-order valence-corrected chi connectivity index (χ0v) is 12.5. The van der Waals surface area contributed by atoms with Crippen LogP contribution in [0.3, 0.4) is 0 Å². The Morgan fingerprint density at radius 3 is 2.68 bits per heavy atom. The van der Waals surface area contributed by atoms with Gasteiger partial charge >= 0.3 is 0 Å². The highest BCUT2D eigenvalue weighted by molar-refractivity contribution is 5.14. The molecule has 0 aliphatic carbocycles. The lowest BCUT2D eigenvalue weighted by atomic mass is 9.89. The van der Waals surface area contributed by atoms with Crippen molar-refractivity contribution in [3.63, 3.8) is 0 Å². The molecule has 1 unspecified atom stereocenters. The minimum Gasteiger partial charge on any atom is -0.379 e. The van der Waals surface area contributed by atoms with Gasteiger partial charge in [0.15, 0.2) is 0 Å². The predicted molar refractivity (Wildman–Crippen MR) is 76.2 cm³/mol. The Balaban J connectivity index is 2.24. The molecule has 0 bridgehead atoms. The first kappa shape index (κ1) is 14.5. The van der Waals surface area contributed by atoms with Crippen LogP contribution in [-0.2, 0) is 11.3 Å². The first-order valence-corrected chi connectivity index (χ1v) is 7.13. The molecule has 2 heterocycles. The highest BCUT2D eigenvalue weighted by atomic mass is 16.5. The van der Waals surface area contributed by atoms with Crippen LogP contribution in [0.25, 0.3) is 0 Å². The van der Waals surface area contributed by atoms with Crippen molar-refractivity contribution in [1.29, 1.82) is 0 Å². The topological polar surface area (TPSA) is 42.3 Å². The Labute approximate surface area is 115 Å². The molecule has 2 rings (SSSR count). The molecule has 0 radical (unpaired) electrons. The molecule has 5 heteroatoms. The first-order valence-electron chi connectivity index (χ1n) is 7.13. The minimum absolute atomic E-state index is 0.0332. The summed E-state index contributed by atoms with van der Waals surface area (Å²) in [6, 6.07) is 2.38. The van der Waals surface area contributed by atoms with Crippen LogP contribution in [0.2, 0.25) is 0 Å². The van der Waals surface area contributed by atoms with E-state index in [4.69, 9.17) is 4.74 Å². The molecule has 1 aliphatic heterocycles. The number of nitrogens with one attached hydrogen (secondary N) is 1. The van der Waals surface area contributed by atoms with Gasteiger partial charge in [-0.25, -0.2) is 0 Å². The van der Waals surface area contributed by atoms with Gasteiger partial charge in [-0.2, -0.15) is 5.10 Å². The van der Waals surface area contributed by atoms with E-state index in [1.165, 1.54) is 5.69 Å². The molecule has 1 N–H and O–H groups in total. The summed E-state index contributed by atoms with van der Waals surface area (Å²) in [7, 11) is 2.03. The van der Waals surface area contributed by atoms with Crippen molar-refractivity contribution in [2.45, 2.75) is 38.9 Å². The average Bonchev–Trinajstić information content (AvgIpc) is 2.88. The van der Waals surface area contributed by atoms with Crippen LogP contribution in [-0.4, -0.2) is 53.6 Å². The first-order chi connectivity index (χ1) is 9.11. The second kappa shape index (κ2) is 6.03. The number of aromatic nitrogens is 2. The van der Waals surface area contributed by atoms with Gasteiger partial charge in [0.25, 0.3) is 0 Å². The third-order valence-electron chi connectivity index (χ3n) is 4.17. The van der Waals surface area contributed by atoms with E-state index in [1.807, 2.05) is 13.2 Å². The summed E-state index contributed by atoms with van der Waals surface area (Å²) in [5, 5.41) is 7.87. The number of aryl methyl sites for hydroxylation is 1. The number of morpholine rings is 1. The smallest absolute Gasteiger partial charge is 0.0671 e. The Kier molecular flexibility index (Phi) is 4.60. The summed E-state index contributed by atoms with van der Waals surface area (Å²) in [6.45, 7) is 11.3. The van der Waals surface area contributed by atoms with Crippen LogP contribution in [0.1, 0.15) is 32.5 Å². The Morgan fingerprint density at radius 2 is 2.11 bits per heavy atom. The van der Waals surface area contributed by atoms with Crippen molar-refractivity contribution in [2.24, 2.45) is 0 Å². The van der Waals surface area contributed by atoms with Crippen molar-refractivity contribution >= 4 is 0 Å². The Morgan fingerprint density at radius 1 is 1.42 bits per heavy atom. The largest absolute Gasteiger partial charge is 0.379 e. The maximum Gasteiger partial charge on any atom is 0.0671 e. The fourth-order valence-corrected chi connectivity index (χ4v) is 3.04. The average molecular weight is 266 g/mol. The molecule has 0 saturated carbocycles. The van der Waals surface area contributed by atoms with Crippen molar-refractivity contribution in [3.05, 3.63) is 18.0 Å². The van der Waals surface area contributed by atoms with Gasteiger partial charge in [0.2, 0.25) is 0 Å². The highest BCUT2D eigenvalue weighted by Gasteiger charge is 2.37. The van der Waals surface area contributed by atoms with Crippen molar-refractivity contribution < 1.29 is 4.74 Å². The van der Waals surface area contributed by atoms with Crippen molar-refractivity contribution in [3.8, 4) is 0 Å². The van der Waals surface area contributed by atoms with E-state index in [1.54, 1.807) is 0 Å².